The van der Waals surface area contributed by atoms with Crippen LogP contribution in [0.25, 0.3) is 11.0 Å². The lowest BCUT2D eigenvalue weighted by Crippen LogP contribution is -2.43. The van der Waals surface area contributed by atoms with Crippen LogP contribution in [0.2, 0.25) is 5.15 Å². The van der Waals surface area contributed by atoms with Crippen molar-refractivity contribution >= 4 is 28.5 Å². The Kier molecular flexibility index (Phi) is 2.72. The van der Waals surface area contributed by atoms with E-state index in [4.69, 9.17) is 16.0 Å². The Morgan fingerprint density at radius 3 is 3.15 bits per heavy atom. The van der Waals surface area contributed by atoms with E-state index in [1.165, 1.54) is 6.42 Å². The minimum absolute atomic E-state index is 0.189. The molecule has 4 rings (SSSR count). The summed E-state index contributed by atoms with van der Waals surface area (Å²) in [4.78, 5) is 16.4. The highest BCUT2D eigenvalue weighted by Crippen LogP contribution is 2.29. The molecule has 2 aromatic heterocycles. The van der Waals surface area contributed by atoms with Crippen molar-refractivity contribution in [2.24, 2.45) is 0 Å². The largest absolute Gasteiger partial charge is 0.464 e. The number of carbonyl (C=O) groups is 1. The third-order valence-corrected chi connectivity index (χ3v) is 4.54. The van der Waals surface area contributed by atoms with E-state index in [1.807, 2.05) is 0 Å². The van der Waals surface area contributed by atoms with Crippen molar-refractivity contribution in [2.75, 3.05) is 0 Å². The van der Waals surface area contributed by atoms with Crippen molar-refractivity contribution in [1.82, 2.24) is 15.6 Å². The number of nitrogens with one attached hydrogen (secondary N) is 2. The minimum atomic E-state index is -0.190. The number of carbonyl (C=O) groups excluding carboxylic acids is 1. The number of hydrogen-bond acceptors (Lipinski definition) is 4. The molecule has 2 N–H and O–H groups in total. The number of halogens is 1. The third-order valence-electron chi connectivity index (χ3n) is 4.25. The Bertz CT molecular complexity index is 684. The first-order valence-corrected chi connectivity index (χ1v) is 7.19. The maximum Gasteiger partial charge on any atom is 0.270 e. The Morgan fingerprint density at radius 2 is 2.40 bits per heavy atom. The van der Waals surface area contributed by atoms with E-state index in [1.54, 1.807) is 18.4 Å². The summed E-state index contributed by atoms with van der Waals surface area (Å²) in [5.74, 6) is -0.190. The molecule has 0 spiro atoms. The first-order valence-electron chi connectivity index (χ1n) is 6.81. The molecule has 2 fully saturated rings. The van der Waals surface area contributed by atoms with E-state index >= 15 is 0 Å². The van der Waals surface area contributed by atoms with Crippen LogP contribution >= 0.6 is 11.6 Å². The molecule has 0 aliphatic carbocycles. The van der Waals surface area contributed by atoms with Gasteiger partial charge in [0.1, 0.15) is 16.4 Å². The van der Waals surface area contributed by atoms with E-state index in [0.29, 0.717) is 28.5 Å². The Morgan fingerprint density at radius 1 is 1.50 bits per heavy atom. The van der Waals surface area contributed by atoms with Gasteiger partial charge in [0, 0.05) is 24.2 Å². The Balaban J connectivity index is 1.57. The van der Waals surface area contributed by atoms with Crippen molar-refractivity contribution < 1.29 is 9.21 Å². The Labute approximate surface area is 120 Å². The van der Waals surface area contributed by atoms with Crippen molar-refractivity contribution in [1.29, 1.82) is 0 Å². The zero-order chi connectivity index (χ0) is 13.7. The summed E-state index contributed by atoms with van der Waals surface area (Å²) in [6, 6.07) is 4.51. The zero-order valence-electron chi connectivity index (χ0n) is 10.7. The van der Waals surface area contributed by atoms with E-state index in [-0.39, 0.29) is 11.9 Å². The molecule has 2 aliphatic heterocycles. The molecule has 0 aromatic carbocycles. The van der Waals surface area contributed by atoms with Gasteiger partial charge in [0.25, 0.3) is 5.91 Å². The molecule has 20 heavy (non-hydrogen) atoms. The van der Waals surface area contributed by atoms with Gasteiger partial charge < -0.3 is 15.1 Å². The second-order valence-corrected chi connectivity index (χ2v) is 5.85. The fourth-order valence-electron chi connectivity index (χ4n) is 3.27. The number of amides is 1. The van der Waals surface area contributed by atoms with Crippen LogP contribution in [-0.4, -0.2) is 29.0 Å². The van der Waals surface area contributed by atoms with E-state index in [0.717, 1.165) is 18.2 Å². The van der Waals surface area contributed by atoms with Crippen LogP contribution in [0.5, 0.6) is 0 Å². The second-order valence-electron chi connectivity index (χ2n) is 5.49. The highest BCUT2D eigenvalue weighted by atomic mass is 35.5. The molecule has 104 valence electrons. The van der Waals surface area contributed by atoms with Gasteiger partial charge in [-0.1, -0.05) is 11.6 Å². The van der Waals surface area contributed by atoms with Crippen molar-refractivity contribution in [3.8, 4) is 0 Å². The maximum absolute atomic E-state index is 12.3. The molecule has 4 heterocycles. The van der Waals surface area contributed by atoms with Gasteiger partial charge in [-0.25, -0.2) is 4.98 Å². The molecule has 5 nitrogen and oxygen atoms in total. The molecule has 2 bridgehead atoms. The summed E-state index contributed by atoms with van der Waals surface area (Å²) in [7, 11) is 0. The van der Waals surface area contributed by atoms with Crippen LogP contribution in [0, 0.1) is 0 Å². The molecule has 0 radical (unpaired) electrons. The first-order chi connectivity index (χ1) is 9.70. The molecule has 2 saturated heterocycles. The number of aromatic nitrogens is 1. The quantitative estimate of drug-likeness (QED) is 0.832. The molecule has 3 atom stereocenters. The molecule has 0 saturated carbocycles. The predicted octanol–water partition coefficient (Wildman–Crippen LogP) is 2.10. The summed E-state index contributed by atoms with van der Waals surface area (Å²) in [6.45, 7) is 0. The van der Waals surface area contributed by atoms with E-state index in [2.05, 4.69) is 15.6 Å². The van der Waals surface area contributed by atoms with Gasteiger partial charge in [-0.05, 0) is 25.3 Å². The highest BCUT2D eigenvalue weighted by molar-refractivity contribution is 6.34. The van der Waals surface area contributed by atoms with Crippen LogP contribution in [0.3, 0.4) is 0 Å². The monoisotopic (exact) mass is 291 g/mol. The number of rotatable bonds is 2. The predicted molar refractivity (Wildman–Crippen MR) is 74.8 cm³/mol. The number of hydrogen-bond donors (Lipinski definition) is 2. The number of nitrogens with zero attached hydrogens (tertiary/aromatic N) is 1. The van der Waals surface area contributed by atoms with Crippen LogP contribution < -0.4 is 10.6 Å². The van der Waals surface area contributed by atoms with Gasteiger partial charge in [0.15, 0.2) is 0 Å². The van der Waals surface area contributed by atoms with Crippen molar-refractivity contribution in [2.45, 2.75) is 37.4 Å². The minimum Gasteiger partial charge on any atom is -0.464 e. The van der Waals surface area contributed by atoms with Crippen LogP contribution in [0.15, 0.2) is 22.8 Å². The Hall–Kier alpha value is -1.59. The van der Waals surface area contributed by atoms with Gasteiger partial charge in [-0.15, -0.1) is 0 Å². The lowest BCUT2D eigenvalue weighted by molar-refractivity contribution is 0.0926. The molecule has 1 amide bonds. The van der Waals surface area contributed by atoms with Crippen LogP contribution in [0.1, 0.15) is 29.8 Å². The van der Waals surface area contributed by atoms with Gasteiger partial charge in [-0.3, -0.25) is 4.79 Å². The fraction of sp³-hybridized carbons (Fsp3) is 0.429. The topological polar surface area (TPSA) is 67.2 Å². The maximum atomic E-state index is 12.3. The lowest BCUT2D eigenvalue weighted by atomic mass is 9.95. The summed E-state index contributed by atoms with van der Waals surface area (Å²) in [5, 5.41) is 7.56. The van der Waals surface area contributed by atoms with Crippen LogP contribution in [0.4, 0.5) is 0 Å². The SMILES string of the molecule is O=C(N[C@@H]1C[C@H]2CC[C@@H]1N2)c1cc2occc2c(Cl)n1. The van der Waals surface area contributed by atoms with Crippen molar-refractivity contribution in [3.63, 3.8) is 0 Å². The highest BCUT2D eigenvalue weighted by Gasteiger charge is 2.39. The molecule has 6 heteroatoms. The fourth-order valence-corrected chi connectivity index (χ4v) is 3.52. The lowest BCUT2D eigenvalue weighted by Gasteiger charge is -2.21. The van der Waals surface area contributed by atoms with Crippen molar-refractivity contribution in [3.05, 3.63) is 29.2 Å². The number of fused-ring (bicyclic) bond motifs is 3. The molecular weight excluding hydrogens is 278 g/mol. The summed E-state index contributed by atoms with van der Waals surface area (Å²) >= 11 is 6.06. The summed E-state index contributed by atoms with van der Waals surface area (Å²) < 4.78 is 5.29. The van der Waals surface area contributed by atoms with Gasteiger partial charge in [-0.2, -0.15) is 0 Å². The smallest absolute Gasteiger partial charge is 0.270 e. The average Bonchev–Trinajstić information content (AvgIpc) is 3.13. The van der Waals surface area contributed by atoms with Gasteiger partial charge in [0.05, 0.1) is 11.6 Å². The molecule has 2 aliphatic rings. The summed E-state index contributed by atoms with van der Waals surface area (Å²) in [5.41, 5.74) is 0.890. The normalized spacial score (nSPS) is 28.1. The molecule has 2 aromatic rings. The average molecular weight is 292 g/mol. The third kappa shape index (κ3) is 1.89. The van der Waals surface area contributed by atoms with E-state index < -0.39 is 0 Å². The van der Waals surface area contributed by atoms with Gasteiger partial charge >= 0.3 is 0 Å². The molecular formula is C14H14ClN3O2. The second kappa shape index (κ2) is 4.46. The number of pyridine rings is 1. The van der Waals surface area contributed by atoms with E-state index in [9.17, 15) is 4.79 Å². The number of furan rings is 1. The zero-order valence-corrected chi connectivity index (χ0v) is 11.5. The van der Waals surface area contributed by atoms with Crippen LogP contribution in [-0.2, 0) is 0 Å². The summed E-state index contributed by atoms with van der Waals surface area (Å²) in [6.07, 6.45) is 4.87. The molecule has 0 unspecified atom stereocenters. The first kappa shape index (κ1) is 12.2. The van der Waals surface area contributed by atoms with Gasteiger partial charge in [0.2, 0.25) is 0 Å². The standard InChI is InChI=1S/C14H14ClN3O2/c15-13-8-3-4-20-12(8)6-11(17-13)14(19)18-10-5-7-1-2-9(10)16-7/h3-4,6-7,9-10,16H,1-2,5H2,(H,18,19)/t7-,9+,10-/m1/s1.